The van der Waals surface area contributed by atoms with Crippen molar-refractivity contribution in [3.63, 3.8) is 0 Å². The number of halogens is 1. The van der Waals surface area contributed by atoms with Crippen LogP contribution in [-0.4, -0.2) is 24.5 Å². The lowest BCUT2D eigenvalue weighted by Crippen LogP contribution is -2.25. The van der Waals surface area contributed by atoms with Crippen LogP contribution in [0, 0.1) is 0 Å². The van der Waals surface area contributed by atoms with Gasteiger partial charge in [-0.15, -0.1) is 11.3 Å². The van der Waals surface area contributed by atoms with Crippen LogP contribution in [0.4, 0.5) is 0 Å². The van der Waals surface area contributed by atoms with Crippen molar-refractivity contribution in [3.8, 4) is 5.75 Å². The number of rotatable bonds is 5. The second kappa shape index (κ2) is 6.90. The summed E-state index contributed by atoms with van der Waals surface area (Å²) in [6.45, 7) is 3.17. The molecule has 0 bridgehead atoms. The fraction of sp³-hybridized carbons (Fsp3) is 0.267. The predicted molar refractivity (Wildman–Crippen MR) is 85.4 cm³/mol. The summed E-state index contributed by atoms with van der Waals surface area (Å²) in [7, 11) is 1.81. The average molecular weight is 354 g/mol. The maximum atomic E-state index is 12.3. The zero-order valence-corrected chi connectivity index (χ0v) is 13.8. The number of thiophene rings is 1. The van der Waals surface area contributed by atoms with Crippen LogP contribution in [0.25, 0.3) is 0 Å². The summed E-state index contributed by atoms with van der Waals surface area (Å²) < 4.78 is 6.45. The number of carbonyl (C=O) groups is 1. The van der Waals surface area contributed by atoms with Crippen LogP contribution in [0.2, 0.25) is 0 Å². The van der Waals surface area contributed by atoms with Crippen LogP contribution in [0.5, 0.6) is 5.75 Å². The molecule has 0 aliphatic heterocycles. The Morgan fingerprint density at radius 3 is 2.60 bits per heavy atom. The highest BCUT2D eigenvalue weighted by molar-refractivity contribution is 9.11. The highest BCUT2D eigenvalue weighted by Gasteiger charge is 2.12. The number of hydrogen-bond acceptors (Lipinski definition) is 3. The Kier molecular flexibility index (Phi) is 5.20. The van der Waals surface area contributed by atoms with Crippen molar-refractivity contribution < 1.29 is 9.53 Å². The highest BCUT2D eigenvalue weighted by Crippen LogP contribution is 2.22. The Bertz CT molecular complexity index is 580. The second-order valence-electron chi connectivity index (χ2n) is 4.38. The van der Waals surface area contributed by atoms with E-state index in [-0.39, 0.29) is 5.91 Å². The molecule has 2 aromatic rings. The Labute approximate surface area is 131 Å². The molecule has 0 fully saturated rings. The highest BCUT2D eigenvalue weighted by atomic mass is 79.9. The molecule has 20 heavy (non-hydrogen) atoms. The van der Waals surface area contributed by atoms with Gasteiger partial charge >= 0.3 is 0 Å². The third-order valence-electron chi connectivity index (χ3n) is 2.80. The number of nitrogens with zero attached hydrogens (tertiary/aromatic N) is 1. The van der Waals surface area contributed by atoms with Gasteiger partial charge in [0.25, 0.3) is 5.91 Å². The molecule has 0 saturated carbocycles. The molecule has 0 atom stereocenters. The topological polar surface area (TPSA) is 29.5 Å². The summed E-state index contributed by atoms with van der Waals surface area (Å²) in [5.41, 5.74) is 1.80. The zero-order chi connectivity index (χ0) is 14.5. The molecule has 0 aliphatic carbocycles. The van der Waals surface area contributed by atoms with Crippen molar-refractivity contribution in [2.45, 2.75) is 13.5 Å². The first-order valence-electron chi connectivity index (χ1n) is 6.31. The molecule has 1 aromatic heterocycles. The van der Waals surface area contributed by atoms with Crippen molar-refractivity contribution in [2.24, 2.45) is 0 Å². The van der Waals surface area contributed by atoms with Crippen molar-refractivity contribution in [1.29, 1.82) is 0 Å². The smallest absolute Gasteiger partial charge is 0.253 e. The van der Waals surface area contributed by atoms with Gasteiger partial charge in [0.2, 0.25) is 0 Å². The lowest BCUT2D eigenvalue weighted by Gasteiger charge is -2.16. The Morgan fingerprint density at radius 1 is 1.35 bits per heavy atom. The van der Waals surface area contributed by atoms with Crippen LogP contribution in [-0.2, 0) is 6.54 Å². The van der Waals surface area contributed by atoms with Gasteiger partial charge in [-0.05, 0) is 64.1 Å². The first-order valence-corrected chi connectivity index (χ1v) is 7.98. The average Bonchev–Trinajstić information content (AvgIpc) is 2.84. The Balaban J connectivity index is 2.02. The first kappa shape index (κ1) is 15.1. The molecule has 1 aromatic carbocycles. The van der Waals surface area contributed by atoms with Crippen molar-refractivity contribution in [1.82, 2.24) is 4.90 Å². The molecule has 0 radical (unpaired) electrons. The van der Waals surface area contributed by atoms with Gasteiger partial charge in [-0.1, -0.05) is 0 Å². The molecule has 2 rings (SSSR count). The van der Waals surface area contributed by atoms with Crippen LogP contribution in [0.1, 0.15) is 22.8 Å². The van der Waals surface area contributed by atoms with Gasteiger partial charge in [0.15, 0.2) is 0 Å². The van der Waals surface area contributed by atoms with E-state index in [1.165, 1.54) is 0 Å². The minimum absolute atomic E-state index is 0.00960. The lowest BCUT2D eigenvalue weighted by atomic mass is 10.2. The molecule has 1 amide bonds. The van der Waals surface area contributed by atoms with E-state index in [9.17, 15) is 4.79 Å². The number of ether oxygens (including phenoxy) is 1. The summed E-state index contributed by atoms with van der Waals surface area (Å²) in [6.07, 6.45) is 0. The van der Waals surface area contributed by atoms with Crippen molar-refractivity contribution in [3.05, 3.63) is 50.6 Å². The SMILES string of the molecule is CCOc1ccc(C(=O)N(C)Cc2csc(Br)c2)cc1. The van der Waals surface area contributed by atoms with Gasteiger partial charge in [-0.3, -0.25) is 4.79 Å². The molecular formula is C15H16BrNO2S. The van der Waals surface area contributed by atoms with Gasteiger partial charge in [0, 0.05) is 19.2 Å². The third kappa shape index (κ3) is 3.84. The Morgan fingerprint density at radius 2 is 2.05 bits per heavy atom. The van der Waals surface area contributed by atoms with E-state index >= 15 is 0 Å². The molecule has 3 nitrogen and oxygen atoms in total. The summed E-state index contributed by atoms with van der Waals surface area (Å²) >= 11 is 5.05. The second-order valence-corrected chi connectivity index (χ2v) is 6.67. The minimum atomic E-state index is 0.00960. The predicted octanol–water partition coefficient (Wildman–Crippen LogP) is 4.18. The van der Waals surface area contributed by atoms with E-state index < -0.39 is 0 Å². The van der Waals surface area contributed by atoms with E-state index in [4.69, 9.17) is 4.74 Å². The van der Waals surface area contributed by atoms with Gasteiger partial charge in [-0.25, -0.2) is 0 Å². The lowest BCUT2D eigenvalue weighted by molar-refractivity contribution is 0.0785. The minimum Gasteiger partial charge on any atom is -0.494 e. The molecule has 0 N–H and O–H groups in total. The molecular weight excluding hydrogens is 338 g/mol. The zero-order valence-electron chi connectivity index (χ0n) is 11.4. The fourth-order valence-corrected chi connectivity index (χ4v) is 3.06. The molecule has 5 heteroatoms. The molecule has 106 valence electrons. The number of hydrogen-bond donors (Lipinski definition) is 0. The van der Waals surface area contributed by atoms with E-state index in [1.807, 2.05) is 37.6 Å². The van der Waals surface area contributed by atoms with Gasteiger partial charge in [0.05, 0.1) is 10.4 Å². The largest absolute Gasteiger partial charge is 0.494 e. The van der Waals surface area contributed by atoms with Crippen molar-refractivity contribution in [2.75, 3.05) is 13.7 Å². The van der Waals surface area contributed by atoms with E-state index in [0.29, 0.717) is 18.7 Å². The number of amides is 1. The first-order chi connectivity index (χ1) is 9.60. The number of carbonyl (C=O) groups excluding carboxylic acids is 1. The maximum absolute atomic E-state index is 12.3. The third-order valence-corrected chi connectivity index (χ3v) is 4.35. The monoisotopic (exact) mass is 353 g/mol. The van der Waals surface area contributed by atoms with E-state index in [0.717, 1.165) is 15.1 Å². The van der Waals surface area contributed by atoms with Crippen LogP contribution in [0.15, 0.2) is 39.5 Å². The normalized spacial score (nSPS) is 10.3. The standard InChI is InChI=1S/C15H16BrNO2S/c1-3-19-13-6-4-12(5-7-13)15(18)17(2)9-11-8-14(16)20-10-11/h4-8,10H,3,9H2,1-2H3. The van der Waals surface area contributed by atoms with E-state index in [1.54, 1.807) is 28.4 Å². The summed E-state index contributed by atoms with van der Waals surface area (Å²) in [4.78, 5) is 14.0. The summed E-state index contributed by atoms with van der Waals surface area (Å²) in [5.74, 6) is 0.795. The Hall–Kier alpha value is -1.33. The van der Waals surface area contributed by atoms with E-state index in [2.05, 4.69) is 15.9 Å². The maximum Gasteiger partial charge on any atom is 0.253 e. The van der Waals surface area contributed by atoms with Crippen LogP contribution >= 0.6 is 27.3 Å². The number of benzene rings is 1. The van der Waals surface area contributed by atoms with Gasteiger partial charge in [0.1, 0.15) is 5.75 Å². The van der Waals surface area contributed by atoms with Gasteiger partial charge < -0.3 is 9.64 Å². The molecule has 1 heterocycles. The van der Waals surface area contributed by atoms with Gasteiger partial charge in [-0.2, -0.15) is 0 Å². The summed E-state index contributed by atoms with van der Waals surface area (Å²) in [5, 5.41) is 2.05. The molecule has 0 spiro atoms. The molecule has 0 aliphatic rings. The van der Waals surface area contributed by atoms with Crippen molar-refractivity contribution >= 4 is 33.2 Å². The molecule has 0 saturated heterocycles. The molecule has 0 unspecified atom stereocenters. The summed E-state index contributed by atoms with van der Waals surface area (Å²) in [6, 6.07) is 9.28. The fourth-order valence-electron chi connectivity index (χ4n) is 1.86. The van der Waals surface area contributed by atoms with Crippen LogP contribution in [0.3, 0.4) is 0 Å². The van der Waals surface area contributed by atoms with Crippen LogP contribution < -0.4 is 4.74 Å². The quantitative estimate of drug-likeness (QED) is 0.806.